The van der Waals surface area contributed by atoms with Crippen molar-refractivity contribution in [3.8, 4) is 5.75 Å². The average molecular weight is 502 g/mol. The van der Waals surface area contributed by atoms with Gasteiger partial charge in [-0.2, -0.15) is 0 Å². The third-order valence-electron chi connectivity index (χ3n) is 6.25. The lowest BCUT2D eigenvalue weighted by atomic mass is 10.1. The molecule has 3 rings (SSSR count). The highest BCUT2D eigenvalue weighted by Crippen LogP contribution is 2.22. The highest BCUT2D eigenvalue weighted by Gasteiger charge is 2.23. The predicted octanol–water partition coefficient (Wildman–Crippen LogP) is 5.25. The van der Waals surface area contributed by atoms with E-state index >= 15 is 0 Å². The molecule has 0 heterocycles. The third-order valence-corrected chi connectivity index (χ3v) is 6.25. The molecule has 0 saturated heterocycles. The number of carbonyl (C=O) groups excluding carboxylic acids is 1. The molecule has 1 N–H and O–H groups in total. The molecular formula is C28H36FNO6. The minimum absolute atomic E-state index is 0.0168. The number of halogens is 1. The molecule has 0 aromatic heterocycles. The van der Waals surface area contributed by atoms with Crippen LogP contribution in [0.1, 0.15) is 50.2 Å². The van der Waals surface area contributed by atoms with Gasteiger partial charge < -0.3 is 24.2 Å². The molecule has 0 bridgehead atoms. The minimum atomic E-state index is -0.985. The van der Waals surface area contributed by atoms with Crippen LogP contribution in [0.4, 0.5) is 9.18 Å². The topological polar surface area (TPSA) is 85.3 Å². The number of carbonyl (C=O) groups is 2. The van der Waals surface area contributed by atoms with Crippen molar-refractivity contribution in [1.29, 1.82) is 0 Å². The molecule has 196 valence electrons. The summed E-state index contributed by atoms with van der Waals surface area (Å²) in [6.07, 6.45) is 4.49. The molecule has 1 aliphatic rings. The molecule has 1 saturated carbocycles. The number of amides is 1. The number of ether oxygens (including phenoxy) is 3. The van der Waals surface area contributed by atoms with Gasteiger partial charge in [-0.25, -0.2) is 14.0 Å². The van der Waals surface area contributed by atoms with Gasteiger partial charge in [0.15, 0.2) is 6.10 Å². The molecule has 8 heteroatoms. The number of hydrogen-bond acceptors (Lipinski definition) is 5. The van der Waals surface area contributed by atoms with E-state index in [4.69, 9.17) is 14.2 Å². The van der Waals surface area contributed by atoms with Crippen molar-refractivity contribution in [2.24, 2.45) is 0 Å². The van der Waals surface area contributed by atoms with Gasteiger partial charge in [0, 0.05) is 19.6 Å². The summed E-state index contributed by atoms with van der Waals surface area (Å²) in [5.74, 6) is -0.611. The van der Waals surface area contributed by atoms with E-state index in [1.807, 2.05) is 12.1 Å². The molecule has 0 radical (unpaired) electrons. The Morgan fingerprint density at radius 3 is 2.33 bits per heavy atom. The van der Waals surface area contributed by atoms with E-state index in [0.29, 0.717) is 32.1 Å². The zero-order valence-electron chi connectivity index (χ0n) is 20.9. The summed E-state index contributed by atoms with van der Waals surface area (Å²) < 4.78 is 30.0. The second kappa shape index (κ2) is 14.4. The fourth-order valence-electron chi connectivity index (χ4n) is 4.27. The predicted molar refractivity (Wildman–Crippen MR) is 134 cm³/mol. The summed E-state index contributed by atoms with van der Waals surface area (Å²) in [6.45, 7) is 3.29. The van der Waals surface area contributed by atoms with Gasteiger partial charge in [-0.15, -0.1) is 0 Å². The van der Waals surface area contributed by atoms with Crippen LogP contribution >= 0.6 is 0 Å². The average Bonchev–Trinajstić information content (AvgIpc) is 3.38. The van der Waals surface area contributed by atoms with Crippen molar-refractivity contribution < 1.29 is 33.3 Å². The van der Waals surface area contributed by atoms with Crippen molar-refractivity contribution in [1.82, 2.24) is 4.90 Å². The second-order valence-corrected chi connectivity index (χ2v) is 8.99. The second-order valence-electron chi connectivity index (χ2n) is 8.99. The Morgan fingerprint density at radius 2 is 1.69 bits per heavy atom. The van der Waals surface area contributed by atoms with Crippen LogP contribution in [0.3, 0.4) is 0 Å². The Morgan fingerprint density at radius 1 is 1.03 bits per heavy atom. The molecule has 1 aliphatic carbocycles. The number of carboxylic acid groups (broad SMARTS) is 1. The zero-order valence-corrected chi connectivity index (χ0v) is 20.9. The molecule has 7 nitrogen and oxygen atoms in total. The number of aliphatic carboxylic acids is 1. The van der Waals surface area contributed by atoms with E-state index in [1.54, 1.807) is 36.1 Å². The lowest BCUT2D eigenvalue weighted by Gasteiger charge is -2.24. The van der Waals surface area contributed by atoms with Crippen molar-refractivity contribution >= 4 is 12.1 Å². The maximum Gasteiger partial charge on any atom is 0.410 e. The van der Waals surface area contributed by atoms with Crippen molar-refractivity contribution in [3.05, 3.63) is 65.5 Å². The summed E-state index contributed by atoms with van der Waals surface area (Å²) in [5.41, 5.74) is 1.86. The smallest absolute Gasteiger partial charge is 0.410 e. The summed E-state index contributed by atoms with van der Waals surface area (Å²) in [7, 11) is 0. The highest BCUT2D eigenvalue weighted by atomic mass is 19.1. The lowest BCUT2D eigenvalue weighted by Crippen LogP contribution is -2.37. The number of aryl methyl sites for hydroxylation is 1. The Bertz CT molecular complexity index is 944. The molecule has 1 unspecified atom stereocenters. The van der Waals surface area contributed by atoms with Crippen LogP contribution in [-0.4, -0.2) is 60.6 Å². The van der Waals surface area contributed by atoms with Crippen LogP contribution in [0, 0.1) is 5.82 Å². The molecule has 1 amide bonds. The molecule has 2 aromatic rings. The molecule has 1 fully saturated rings. The van der Waals surface area contributed by atoms with Crippen molar-refractivity contribution in [2.75, 3.05) is 26.3 Å². The molecule has 36 heavy (non-hydrogen) atoms. The fourth-order valence-corrected chi connectivity index (χ4v) is 4.27. The summed E-state index contributed by atoms with van der Waals surface area (Å²) in [5, 5.41) is 9.25. The highest BCUT2D eigenvalue weighted by molar-refractivity contribution is 5.72. The van der Waals surface area contributed by atoms with Gasteiger partial charge in [-0.3, -0.25) is 0 Å². The largest absolute Gasteiger partial charge is 0.492 e. The van der Waals surface area contributed by atoms with Crippen LogP contribution in [0.15, 0.2) is 48.5 Å². The SMILES string of the molecule is CCOC(Cc1ccc(OCCN(CCCc2ccc(F)cc2)C(=O)OC2CCCC2)cc1)C(=O)O. The minimum Gasteiger partial charge on any atom is -0.492 e. The lowest BCUT2D eigenvalue weighted by molar-refractivity contribution is -0.149. The standard InChI is InChI=1S/C28H36FNO6/c1-2-34-26(27(31)32)20-22-11-15-24(16-12-22)35-19-18-30(28(33)36-25-7-3-4-8-25)17-5-6-21-9-13-23(29)14-10-21/h9-16,25-26H,2-8,17-20H2,1H3,(H,31,32). The van der Waals surface area contributed by atoms with Gasteiger partial charge in [0.1, 0.15) is 24.3 Å². The first-order chi connectivity index (χ1) is 17.4. The quantitative estimate of drug-likeness (QED) is 0.381. The third kappa shape index (κ3) is 9.15. The van der Waals surface area contributed by atoms with Gasteiger partial charge in [0.25, 0.3) is 0 Å². The molecule has 2 aromatic carbocycles. The first-order valence-corrected chi connectivity index (χ1v) is 12.7. The Balaban J connectivity index is 1.50. The summed E-state index contributed by atoms with van der Waals surface area (Å²) >= 11 is 0. The monoisotopic (exact) mass is 501 g/mol. The van der Waals surface area contributed by atoms with E-state index in [0.717, 1.165) is 49.7 Å². The summed E-state index contributed by atoms with van der Waals surface area (Å²) in [4.78, 5) is 25.8. The van der Waals surface area contributed by atoms with E-state index < -0.39 is 12.1 Å². The zero-order chi connectivity index (χ0) is 25.8. The Kier molecular flexibility index (Phi) is 11.0. The van der Waals surface area contributed by atoms with Crippen LogP contribution in [0.5, 0.6) is 5.75 Å². The Labute approximate surface area is 212 Å². The molecular weight excluding hydrogens is 465 g/mol. The van der Waals surface area contributed by atoms with E-state index in [1.165, 1.54) is 12.1 Å². The molecule has 0 spiro atoms. The first-order valence-electron chi connectivity index (χ1n) is 12.7. The van der Waals surface area contributed by atoms with Crippen LogP contribution in [0.25, 0.3) is 0 Å². The first kappa shape index (κ1) is 27.5. The normalized spacial score (nSPS) is 14.4. The van der Waals surface area contributed by atoms with E-state index in [9.17, 15) is 19.1 Å². The molecule has 0 aliphatic heterocycles. The van der Waals surface area contributed by atoms with Gasteiger partial charge in [0.05, 0.1) is 6.54 Å². The van der Waals surface area contributed by atoms with Crippen LogP contribution < -0.4 is 4.74 Å². The molecule has 1 atom stereocenters. The maximum absolute atomic E-state index is 13.1. The van der Waals surface area contributed by atoms with Crippen LogP contribution in [-0.2, 0) is 27.1 Å². The van der Waals surface area contributed by atoms with Gasteiger partial charge >= 0.3 is 12.1 Å². The number of nitrogens with zero attached hydrogens (tertiary/aromatic N) is 1. The number of benzene rings is 2. The maximum atomic E-state index is 13.1. The van der Waals surface area contributed by atoms with Gasteiger partial charge in [0.2, 0.25) is 0 Å². The summed E-state index contributed by atoms with van der Waals surface area (Å²) in [6, 6.07) is 13.6. The fraction of sp³-hybridized carbons (Fsp3) is 0.500. The van der Waals surface area contributed by atoms with Crippen molar-refractivity contribution in [2.45, 2.75) is 64.1 Å². The number of rotatable bonds is 14. The number of hydrogen-bond donors (Lipinski definition) is 1. The van der Waals surface area contributed by atoms with E-state index in [-0.39, 0.29) is 24.4 Å². The number of carboxylic acids is 1. The Hall–Kier alpha value is -3.13. The van der Waals surface area contributed by atoms with E-state index in [2.05, 4.69) is 0 Å². The van der Waals surface area contributed by atoms with Crippen LogP contribution in [0.2, 0.25) is 0 Å². The van der Waals surface area contributed by atoms with Gasteiger partial charge in [-0.05, 0) is 80.8 Å². The van der Waals surface area contributed by atoms with Gasteiger partial charge in [-0.1, -0.05) is 24.3 Å². The van der Waals surface area contributed by atoms with Crippen molar-refractivity contribution in [3.63, 3.8) is 0 Å².